The van der Waals surface area contributed by atoms with E-state index in [4.69, 9.17) is 10.5 Å². The van der Waals surface area contributed by atoms with Crippen molar-refractivity contribution < 1.29 is 4.74 Å². The van der Waals surface area contributed by atoms with Crippen LogP contribution in [0.3, 0.4) is 0 Å². The van der Waals surface area contributed by atoms with Gasteiger partial charge in [0.25, 0.3) is 0 Å². The number of hydrogen-bond donors (Lipinski definition) is 1. The lowest BCUT2D eigenvalue weighted by atomic mass is 9.87. The van der Waals surface area contributed by atoms with Gasteiger partial charge in [0.15, 0.2) is 0 Å². The van der Waals surface area contributed by atoms with E-state index < -0.39 is 0 Å². The van der Waals surface area contributed by atoms with E-state index in [0.717, 1.165) is 19.5 Å². The molecule has 0 bridgehead atoms. The molecule has 3 heteroatoms. The summed E-state index contributed by atoms with van der Waals surface area (Å²) in [4.78, 5) is 2.50. The van der Waals surface area contributed by atoms with Crippen molar-refractivity contribution in [3.63, 3.8) is 0 Å². The molecular formula is C12H26N2O. The van der Waals surface area contributed by atoms with Crippen LogP contribution in [0.2, 0.25) is 0 Å². The van der Waals surface area contributed by atoms with E-state index in [0.29, 0.717) is 18.0 Å². The van der Waals surface area contributed by atoms with Gasteiger partial charge < -0.3 is 10.5 Å². The molecular weight excluding hydrogens is 188 g/mol. The van der Waals surface area contributed by atoms with Gasteiger partial charge in [0, 0.05) is 32.3 Å². The molecule has 0 aromatic rings. The zero-order valence-electron chi connectivity index (χ0n) is 10.8. The fourth-order valence-corrected chi connectivity index (χ4v) is 2.25. The van der Waals surface area contributed by atoms with Crippen LogP contribution in [0.4, 0.5) is 0 Å². The maximum Gasteiger partial charge on any atom is 0.0749 e. The standard InChI is InChI=1S/C12H26N2O/c1-9-10(2)14(7-6-11(9)13)8-12(3,4)15-5/h9-11H,6-8,13H2,1-5H3. The molecule has 0 amide bonds. The van der Waals surface area contributed by atoms with E-state index in [1.807, 2.05) is 0 Å². The lowest BCUT2D eigenvalue weighted by Gasteiger charge is -2.44. The molecule has 3 atom stereocenters. The normalized spacial score (nSPS) is 34.4. The van der Waals surface area contributed by atoms with Gasteiger partial charge in [0.05, 0.1) is 5.60 Å². The van der Waals surface area contributed by atoms with E-state index in [9.17, 15) is 0 Å². The summed E-state index contributed by atoms with van der Waals surface area (Å²) in [5.41, 5.74) is 6.01. The molecule has 15 heavy (non-hydrogen) atoms. The molecule has 1 saturated heterocycles. The van der Waals surface area contributed by atoms with E-state index >= 15 is 0 Å². The Bertz CT molecular complexity index is 206. The smallest absolute Gasteiger partial charge is 0.0749 e. The summed E-state index contributed by atoms with van der Waals surface area (Å²) >= 11 is 0. The van der Waals surface area contributed by atoms with Crippen molar-refractivity contribution in [1.82, 2.24) is 4.90 Å². The van der Waals surface area contributed by atoms with E-state index in [2.05, 4.69) is 32.6 Å². The van der Waals surface area contributed by atoms with Gasteiger partial charge in [-0.2, -0.15) is 0 Å². The molecule has 0 saturated carbocycles. The number of nitrogens with zero attached hydrogens (tertiary/aromatic N) is 1. The summed E-state index contributed by atoms with van der Waals surface area (Å²) in [6.45, 7) is 10.9. The Morgan fingerprint density at radius 2 is 2.00 bits per heavy atom. The van der Waals surface area contributed by atoms with Gasteiger partial charge in [-0.25, -0.2) is 0 Å². The molecule has 1 aliphatic heterocycles. The van der Waals surface area contributed by atoms with Crippen LogP contribution >= 0.6 is 0 Å². The Hall–Kier alpha value is -0.120. The van der Waals surface area contributed by atoms with Crippen molar-refractivity contribution in [3.05, 3.63) is 0 Å². The first-order valence-corrected chi connectivity index (χ1v) is 5.92. The fraction of sp³-hybridized carbons (Fsp3) is 1.00. The summed E-state index contributed by atoms with van der Waals surface area (Å²) in [6, 6.07) is 0.921. The lowest BCUT2D eigenvalue weighted by molar-refractivity contribution is -0.0326. The van der Waals surface area contributed by atoms with Crippen LogP contribution in [-0.4, -0.2) is 42.8 Å². The van der Waals surface area contributed by atoms with Gasteiger partial charge in [-0.05, 0) is 33.1 Å². The minimum Gasteiger partial charge on any atom is -0.377 e. The maximum absolute atomic E-state index is 6.07. The number of hydrogen-bond acceptors (Lipinski definition) is 3. The van der Waals surface area contributed by atoms with E-state index in [-0.39, 0.29) is 5.60 Å². The van der Waals surface area contributed by atoms with Gasteiger partial charge >= 0.3 is 0 Å². The van der Waals surface area contributed by atoms with Crippen LogP contribution in [0.25, 0.3) is 0 Å². The number of piperidine rings is 1. The third-order valence-electron chi connectivity index (χ3n) is 3.90. The van der Waals surface area contributed by atoms with Gasteiger partial charge in [0.2, 0.25) is 0 Å². The second-order valence-corrected chi connectivity index (χ2v) is 5.49. The van der Waals surface area contributed by atoms with E-state index in [1.165, 1.54) is 0 Å². The minimum atomic E-state index is -0.0601. The second kappa shape index (κ2) is 4.81. The molecule has 0 aromatic heterocycles. The molecule has 2 N–H and O–H groups in total. The zero-order chi connectivity index (χ0) is 11.6. The quantitative estimate of drug-likeness (QED) is 0.773. The maximum atomic E-state index is 6.07. The Morgan fingerprint density at radius 1 is 1.40 bits per heavy atom. The van der Waals surface area contributed by atoms with E-state index in [1.54, 1.807) is 7.11 Å². The second-order valence-electron chi connectivity index (χ2n) is 5.49. The number of ether oxygens (including phenoxy) is 1. The Labute approximate surface area is 94.0 Å². The summed E-state index contributed by atoms with van der Waals surface area (Å²) in [6.07, 6.45) is 1.10. The Balaban J connectivity index is 2.56. The van der Waals surface area contributed by atoms with Crippen LogP contribution in [0, 0.1) is 5.92 Å². The predicted octanol–water partition coefficient (Wildman–Crippen LogP) is 1.47. The van der Waals surface area contributed by atoms with Crippen LogP contribution in [-0.2, 0) is 4.74 Å². The molecule has 1 rings (SSSR count). The molecule has 1 fully saturated rings. The minimum absolute atomic E-state index is 0.0601. The highest BCUT2D eigenvalue weighted by atomic mass is 16.5. The van der Waals surface area contributed by atoms with Gasteiger partial charge in [-0.15, -0.1) is 0 Å². The van der Waals surface area contributed by atoms with Crippen molar-refractivity contribution in [1.29, 1.82) is 0 Å². The van der Waals surface area contributed by atoms with Crippen molar-refractivity contribution in [2.24, 2.45) is 11.7 Å². The molecule has 0 spiro atoms. The number of methoxy groups -OCH3 is 1. The average Bonchev–Trinajstić information content (AvgIpc) is 2.19. The highest BCUT2D eigenvalue weighted by Gasteiger charge is 2.33. The van der Waals surface area contributed by atoms with Crippen molar-refractivity contribution >= 4 is 0 Å². The molecule has 0 aliphatic carbocycles. The van der Waals surface area contributed by atoms with Crippen LogP contribution in [0.5, 0.6) is 0 Å². The van der Waals surface area contributed by atoms with Crippen molar-refractivity contribution in [2.75, 3.05) is 20.2 Å². The largest absolute Gasteiger partial charge is 0.377 e. The van der Waals surface area contributed by atoms with Crippen LogP contribution in [0.15, 0.2) is 0 Å². The summed E-state index contributed by atoms with van der Waals surface area (Å²) in [5, 5.41) is 0. The first-order chi connectivity index (χ1) is 6.87. The third-order valence-corrected chi connectivity index (χ3v) is 3.90. The van der Waals surface area contributed by atoms with Crippen LogP contribution in [0.1, 0.15) is 34.1 Å². The highest BCUT2D eigenvalue weighted by molar-refractivity contribution is 4.89. The number of rotatable bonds is 3. The molecule has 3 nitrogen and oxygen atoms in total. The van der Waals surface area contributed by atoms with Gasteiger partial charge in [-0.3, -0.25) is 4.90 Å². The third kappa shape index (κ3) is 3.16. The Kier molecular flexibility index (Phi) is 4.15. The average molecular weight is 214 g/mol. The number of nitrogens with two attached hydrogens (primary N) is 1. The Morgan fingerprint density at radius 3 is 2.53 bits per heavy atom. The molecule has 90 valence electrons. The molecule has 1 heterocycles. The molecule has 3 unspecified atom stereocenters. The lowest BCUT2D eigenvalue weighted by Crippen LogP contribution is -2.55. The summed E-state index contributed by atoms with van der Waals surface area (Å²) < 4.78 is 5.48. The first kappa shape index (κ1) is 12.9. The first-order valence-electron chi connectivity index (χ1n) is 5.92. The predicted molar refractivity (Wildman–Crippen MR) is 63.9 cm³/mol. The topological polar surface area (TPSA) is 38.5 Å². The van der Waals surface area contributed by atoms with Crippen LogP contribution < -0.4 is 5.73 Å². The zero-order valence-corrected chi connectivity index (χ0v) is 10.8. The van der Waals surface area contributed by atoms with Gasteiger partial charge in [-0.1, -0.05) is 6.92 Å². The number of likely N-dealkylation sites (tertiary alicyclic amines) is 1. The molecule has 0 radical (unpaired) electrons. The van der Waals surface area contributed by atoms with Crippen molar-refractivity contribution in [2.45, 2.75) is 51.8 Å². The summed E-state index contributed by atoms with van der Waals surface area (Å²) in [5.74, 6) is 0.575. The van der Waals surface area contributed by atoms with Gasteiger partial charge in [0.1, 0.15) is 0 Å². The molecule has 1 aliphatic rings. The monoisotopic (exact) mass is 214 g/mol. The molecule has 0 aromatic carbocycles. The van der Waals surface area contributed by atoms with Crippen molar-refractivity contribution in [3.8, 4) is 0 Å². The SMILES string of the molecule is COC(C)(C)CN1CCC(N)C(C)C1C. The summed E-state index contributed by atoms with van der Waals surface area (Å²) in [7, 11) is 1.78. The fourth-order valence-electron chi connectivity index (χ4n) is 2.25. The highest BCUT2D eigenvalue weighted by Crippen LogP contribution is 2.24.